The minimum Gasteiger partial charge on any atom is -0.399 e. The summed E-state index contributed by atoms with van der Waals surface area (Å²) in [6.07, 6.45) is 0.0396. The van der Waals surface area contributed by atoms with Crippen molar-refractivity contribution < 1.29 is 9.90 Å². The third-order valence-corrected chi connectivity index (χ3v) is 2.45. The molecular weight excluding hydrogens is 228 g/mol. The van der Waals surface area contributed by atoms with Crippen molar-refractivity contribution in [2.75, 3.05) is 5.73 Å². The molecule has 18 heavy (non-hydrogen) atoms. The van der Waals surface area contributed by atoms with Crippen LogP contribution in [0.2, 0.25) is 0 Å². The Balaban J connectivity index is 2.46. The van der Waals surface area contributed by atoms with Crippen LogP contribution in [0.25, 0.3) is 0 Å². The Kier molecular flexibility index (Phi) is 4.73. The van der Waals surface area contributed by atoms with Crippen LogP contribution in [-0.2, 0) is 4.79 Å². The zero-order valence-electron chi connectivity index (χ0n) is 11.2. The second-order valence-corrected chi connectivity index (χ2v) is 5.52. The van der Waals surface area contributed by atoms with Gasteiger partial charge in [0.2, 0.25) is 5.91 Å². The summed E-state index contributed by atoms with van der Waals surface area (Å²) in [5.74, 6) is -0.0505. The van der Waals surface area contributed by atoms with Crippen molar-refractivity contribution >= 4 is 11.6 Å². The highest BCUT2D eigenvalue weighted by molar-refractivity contribution is 5.76. The molecule has 0 aliphatic carbocycles. The first-order valence-corrected chi connectivity index (χ1v) is 6.12. The number of hydrogen-bond donors (Lipinski definition) is 3. The number of rotatable bonds is 4. The van der Waals surface area contributed by atoms with Crippen LogP contribution in [-0.4, -0.2) is 16.6 Å². The maximum atomic E-state index is 11.6. The summed E-state index contributed by atoms with van der Waals surface area (Å²) in [4.78, 5) is 11.6. The zero-order chi connectivity index (χ0) is 13.8. The number of carbonyl (C=O) groups excluding carboxylic acids is 1. The van der Waals surface area contributed by atoms with Gasteiger partial charge in [0.15, 0.2) is 0 Å². The SMILES string of the molecule is CC(C)(C)NC(=O)CCC(O)c1cccc(N)c1. The fourth-order valence-electron chi connectivity index (χ4n) is 1.68. The molecule has 0 spiro atoms. The molecule has 1 rings (SSSR count). The zero-order valence-corrected chi connectivity index (χ0v) is 11.2. The van der Waals surface area contributed by atoms with E-state index in [1.165, 1.54) is 0 Å². The van der Waals surface area contributed by atoms with Crippen LogP contribution in [0.3, 0.4) is 0 Å². The summed E-state index contributed by atoms with van der Waals surface area (Å²) in [6, 6.07) is 7.10. The number of carbonyl (C=O) groups is 1. The molecule has 1 amide bonds. The normalized spacial score (nSPS) is 13.1. The molecule has 0 fully saturated rings. The molecule has 1 aromatic carbocycles. The molecule has 0 saturated heterocycles. The summed E-state index contributed by atoms with van der Waals surface area (Å²) in [6.45, 7) is 5.79. The molecule has 0 aliphatic rings. The van der Waals surface area contributed by atoms with Crippen molar-refractivity contribution in [1.29, 1.82) is 0 Å². The number of amides is 1. The molecule has 0 saturated carbocycles. The molecule has 4 nitrogen and oxygen atoms in total. The van der Waals surface area contributed by atoms with Gasteiger partial charge in [-0.05, 0) is 44.9 Å². The molecule has 4 N–H and O–H groups in total. The Bertz CT molecular complexity index is 411. The van der Waals surface area contributed by atoms with Crippen LogP contribution in [0.5, 0.6) is 0 Å². The lowest BCUT2D eigenvalue weighted by Crippen LogP contribution is -2.40. The molecule has 0 aromatic heterocycles. The van der Waals surface area contributed by atoms with E-state index >= 15 is 0 Å². The second kappa shape index (κ2) is 5.87. The van der Waals surface area contributed by atoms with Gasteiger partial charge in [0.1, 0.15) is 0 Å². The van der Waals surface area contributed by atoms with Crippen molar-refractivity contribution in [1.82, 2.24) is 5.32 Å². The second-order valence-electron chi connectivity index (χ2n) is 5.52. The first-order chi connectivity index (χ1) is 8.28. The fourth-order valence-corrected chi connectivity index (χ4v) is 1.68. The number of nitrogens with one attached hydrogen (secondary N) is 1. The number of aliphatic hydroxyl groups excluding tert-OH is 1. The predicted octanol–water partition coefficient (Wildman–Crippen LogP) is 2.00. The fraction of sp³-hybridized carbons (Fsp3) is 0.500. The highest BCUT2D eigenvalue weighted by Crippen LogP contribution is 2.20. The van der Waals surface area contributed by atoms with E-state index in [4.69, 9.17) is 5.73 Å². The molecule has 0 radical (unpaired) electrons. The van der Waals surface area contributed by atoms with Gasteiger partial charge < -0.3 is 16.2 Å². The summed E-state index contributed by atoms with van der Waals surface area (Å²) in [7, 11) is 0. The molecular formula is C14H22N2O2. The largest absolute Gasteiger partial charge is 0.399 e. The number of nitrogen functional groups attached to an aromatic ring is 1. The van der Waals surface area contributed by atoms with Gasteiger partial charge in [-0.2, -0.15) is 0 Å². The molecule has 0 aliphatic heterocycles. The Labute approximate surface area is 108 Å². The molecule has 0 heterocycles. The van der Waals surface area contributed by atoms with Crippen molar-refractivity contribution in [2.24, 2.45) is 0 Å². The van der Waals surface area contributed by atoms with Gasteiger partial charge in [0.25, 0.3) is 0 Å². The summed E-state index contributed by atoms with van der Waals surface area (Å²) >= 11 is 0. The maximum absolute atomic E-state index is 11.6. The number of hydrogen-bond acceptors (Lipinski definition) is 3. The van der Waals surface area contributed by atoms with E-state index in [1.807, 2.05) is 26.8 Å². The Morgan fingerprint density at radius 2 is 2.11 bits per heavy atom. The van der Waals surface area contributed by atoms with Crippen molar-refractivity contribution in [3.05, 3.63) is 29.8 Å². The average Bonchev–Trinajstić information content (AvgIpc) is 2.23. The smallest absolute Gasteiger partial charge is 0.220 e. The van der Waals surface area contributed by atoms with Crippen molar-refractivity contribution in [3.8, 4) is 0 Å². The minimum atomic E-state index is -0.654. The van der Waals surface area contributed by atoms with Gasteiger partial charge in [0.05, 0.1) is 6.10 Å². The van der Waals surface area contributed by atoms with E-state index in [0.717, 1.165) is 5.56 Å². The summed E-state index contributed by atoms with van der Waals surface area (Å²) < 4.78 is 0. The summed E-state index contributed by atoms with van der Waals surface area (Å²) in [5.41, 5.74) is 6.77. The quantitative estimate of drug-likeness (QED) is 0.715. The lowest BCUT2D eigenvalue weighted by Gasteiger charge is -2.21. The molecule has 0 bridgehead atoms. The number of benzene rings is 1. The van der Waals surface area contributed by atoms with E-state index in [0.29, 0.717) is 18.5 Å². The molecule has 100 valence electrons. The van der Waals surface area contributed by atoms with E-state index in [1.54, 1.807) is 18.2 Å². The van der Waals surface area contributed by atoms with Gasteiger partial charge in [0, 0.05) is 17.6 Å². The van der Waals surface area contributed by atoms with Gasteiger partial charge in [-0.25, -0.2) is 0 Å². The van der Waals surface area contributed by atoms with E-state index in [9.17, 15) is 9.90 Å². The standard InChI is InChI=1S/C14H22N2O2/c1-14(2,3)16-13(18)8-7-12(17)10-5-4-6-11(15)9-10/h4-6,9,12,17H,7-8,15H2,1-3H3,(H,16,18). The van der Waals surface area contributed by atoms with Gasteiger partial charge in [-0.3, -0.25) is 4.79 Å². The monoisotopic (exact) mass is 250 g/mol. The van der Waals surface area contributed by atoms with Gasteiger partial charge in [-0.1, -0.05) is 12.1 Å². The molecule has 4 heteroatoms. The molecule has 1 aromatic rings. The number of aliphatic hydroxyl groups is 1. The van der Waals surface area contributed by atoms with Crippen LogP contribution in [0.1, 0.15) is 45.3 Å². The van der Waals surface area contributed by atoms with Crippen molar-refractivity contribution in [2.45, 2.75) is 45.3 Å². The van der Waals surface area contributed by atoms with Crippen LogP contribution < -0.4 is 11.1 Å². The number of anilines is 1. The van der Waals surface area contributed by atoms with Crippen LogP contribution >= 0.6 is 0 Å². The molecule has 1 atom stereocenters. The van der Waals surface area contributed by atoms with Crippen molar-refractivity contribution in [3.63, 3.8) is 0 Å². The minimum absolute atomic E-state index is 0.0505. The topological polar surface area (TPSA) is 75.3 Å². The Morgan fingerprint density at radius 3 is 2.67 bits per heavy atom. The lowest BCUT2D eigenvalue weighted by atomic mass is 10.0. The van der Waals surface area contributed by atoms with Crippen LogP contribution in [0, 0.1) is 0 Å². The third kappa shape index (κ3) is 5.19. The lowest BCUT2D eigenvalue weighted by molar-refractivity contribution is -0.123. The predicted molar refractivity (Wildman–Crippen MR) is 72.9 cm³/mol. The molecule has 1 unspecified atom stereocenters. The van der Waals surface area contributed by atoms with Crippen LogP contribution in [0.4, 0.5) is 5.69 Å². The van der Waals surface area contributed by atoms with E-state index in [-0.39, 0.29) is 11.4 Å². The highest BCUT2D eigenvalue weighted by atomic mass is 16.3. The first-order valence-electron chi connectivity index (χ1n) is 6.12. The van der Waals surface area contributed by atoms with Gasteiger partial charge >= 0.3 is 0 Å². The first kappa shape index (κ1) is 14.5. The van der Waals surface area contributed by atoms with Crippen LogP contribution in [0.15, 0.2) is 24.3 Å². The average molecular weight is 250 g/mol. The maximum Gasteiger partial charge on any atom is 0.220 e. The Morgan fingerprint density at radius 1 is 1.44 bits per heavy atom. The Hall–Kier alpha value is -1.55. The third-order valence-electron chi connectivity index (χ3n) is 2.45. The van der Waals surface area contributed by atoms with E-state index in [2.05, 4.69) is 5.32 Å². The summed E-state index contributed by atoms with van der Waals surface area (Å²) in [5, 5.41) is 12.8. The van der Waals surface area contributed by atoms with E-state index < -0.39 is 6.10 Å². The highest BCUT2D eigenvalue weighted by Gasteiger charge is 2.15. The number of nitrogens with two attached hydrogens (primary N) is 1. The van der Waals surface area contributed by atoms with Gasteiger partial charge in [-0.15, -0.1) is 0 Å².